The van der Waals surface area contributed by atoms with Gasteiger partial charge < -0.3 is 14.9 Å². The summed E-state index contributed by atoms with van der Waals surface area (Å²) in [6, 6.07) is 7.09. The molecule has 1 saturated carbocycles. The van der Waals surface area contributed by atoms with Crippen LogP contribution in [-0.4, -0.2) is 22.8 Å². The van der Waals surface area contributed by atoms with Gasteiger partial charge in [-0.3, -0.25) is 4.79 Å². The van der Waals surface area contributed by atoms with E-state index >= 15 is 0 Å². The second-order valence-corrected chi connectivity index (χ2v) is 7.55. The van der Waals surface area contributed by atoms with Gasteiger partial charge in [0.1, 0.15) is 12.4 Å². The van der Waals surface area contributed by atoms with Gasteiger partial charge in [-0.2, -0.15) is 0 Å². The molecule has 4 nitrogen and oxygen atoms in total. The number of hydrogen-bond acceptors (Lipinski definition) is 3. The SMILES string of the molecule is O=C(O)CC(O)c1ccc(OCC2=CC3(CCCCC3)CCC2)cc1. The molecule has 1 unspecified atom stereocenters. The van der Waals surface area contributed by atoms with Crippen LogP contribution in [0, 0.1) is 5.41 Å². The van der Waals surface area contributed by atoms with E-state index in [0.717, 1.165) is 12.2 Å². The largest absolute Gasteiger partial charge is 0.489 e. The number of carboxylic acids is 1. The summed E-state index contributed by atoms with van der Waals surface area (Å²) in [5, 5.41) is 18.6. The second kappa shape index (κ2) is 8.05. The number of aliphatic hydroxyl groups is 1. The maximum Gasteiger partial charge on any atom is 0.306 e. The summed E-state index contributed by atoms with van der Waals surface area (Å²) in [4.78, 5) is 10.7. The van der Waals surface area contributed by atoms with Crippen LogP contribution < -0.4 is 4.74 Å². The number of carbonyl (C=O) groups is 1. The molecule has 1 atom stereocenters. The molecule has 2 aliphatic rings. The summed E-state index contributed by atoms with van der Waals surface area (Å²) in [5.74, 6) is -0.246. The molecule has 1 aromatic carbocycles. The number of hydrogen-bond donors (Lipinski definition) is 2. The highest BCUT2D eigenvalue weighted by atomic mass is 16.5. The molecule has 1 aromatic rings. The monoisotopic (exact) mass is 344 g/mol. The van der Waals surface area contributed by atoms with Gasteiger partial charge in [-0.25, -0.2) is 0 Å². The van der Waals surface area contributed by atoms with Gasteiger partial charge in [0, 0.05) is 0 Å². The number of aliphatic carboxylic acids is 1. The molecule has 0 aromatic heterocycles. The van der Waals surface area contributed by atoms with Crippen molar-refractivity contribution >= 4 is 5.97 Å². The van der Waals surface area contributed by atoms with Gasteiger partial charge in [0.2, 0.25) is 0 Å². The summed E-state index contributed by atoms with van der Waals surface area (Å²) in [7, 11) is 0. The van der Waals surface area contributed by atoms with Crippen LogP contribution in [0.3, 0.4) is 0 Å². The zero-order chi connectivity index (χ0) is 17.7. The van der Waals surface area contributed by atoms with Crippen molar-refractivity contribution < 1.29 is 19.7 Å². The molecule has 2 N–H and O–H groups in total. The van der Waals surface area contributed by atoms with Crippen LogP contribution in [0.15, 0.2) is 35.9 Å². The van der Waals surface area contributed by atoms with Crippen LogP contribution in [0.1, 0.15) is 69.5 Å². The Bertz CT molecular complexity index is 611. The average molecular weight is 344 g/mol. The predicted molar refractivity (Wildman–Crippen MR) is 96.6 cm³/mol. The lowest BCUT2D eigenvalue weighted by Gasteiger charge is -2.38. The smallest absolute Gasteiger partial charge is 0.306 e. The minimum atomic E-state index is -1.01. The van der Waals surface area contributed by atoms with Gasteiger partial charge in [0.15, 0.2) is 0 Å². The van der Waals surface area contributed by atoms with Crippen molar-refractivity contribution in [2.24, 2.45) is 5.41 Å². The Morgan fingerprint density at radius 3 is 2.44 bits per heavy atom. The van der Waals surface area contributed by atoms with E-state index in [1.807, 2.05) is 0 Å². The van der Waals surface area contributed by atoms with E-state index in [2.05, 4.69) is 6.08 Å². The lowest BCUT2D eigenvalue weighted by atomic mass is 9.67. The molecule has 0 saturated heterocycles. The van der Waals surface area contributed by atoms with Gasteiger partial charge in [0.25, 0.3) is 0 Å². The van der Waals surface area contributed by atoms with E-state index in [4.69, 9.17) is 9.84 Å². The minimum absolute atomic E-state index is 0.283. The number of carboxylic acid groups (broad SMARTS) is 1. The fraction of sp³-hybridized carbons (Fsp3) is 0.571. The second-order valence-electron chi connectivity index (χ2n) is 7.55. The number of rotatable bonds is 6. The van der Waals surface area contributed by atoms with E-state index in [1.165, 1.54) is 50.5 Å². The molecule has 1 spiro atoms. The Morgan fingerprint density at radius 1 is 1.08 bits per heavy atom. The van der Waals surface area contributed by atoms with Crippen molar-refractivity contribution in [3.05, 3.63) is 41.5 Å². The molecule has 0 aliphatic heterocycles. The van der Waals surface area contributed by atoms with Crippen LogP contribution in [0.5, 0.6) is 5.75 Å². The first-order valence-corrected chi connectivity index (χ1v) is 9.40. The molecule has 0 radical (unpaired) electrons. The zero-order valence-corrected chi connectivity index (χ0v) is 14.7. The molecule has 0 heterocycles. The van der Waals surface area contributed by atoms with Gasteiger partial charge in [-0.05, 0) is 60.8 Å². The summed E-state index contributed by atoms with van der Waals surface area (Å²) in [6.45, 7) is 0.624. The molecule has 4 heteroatoms. The Kier molecular flexibility index (Phi) is 5.79. The molecular weight excluding hydrogens is 316 g/mol. The third kappa shape index (κ3) is 4.85. The fourth-order valence-corrected chi connectivity index (χ4v) is 4.25. The highest BCUT2D eigenvalue weighted by Gasteiger charge is 2.32. The quantitative estimate of drug-likeness (QED) is 0.738. The van der Waals surface area contributed by atoms with E-state index in [0.29, 0.717) is 17.6 Å². The minimum Gasteiger partial charge on any atom is -0.489 e. The molecule has 25 heavy (non-hydrogen) atoms. The Balaban J connectivity index is 1.57. The number of allylic oxidation sites excluding steroid dienone is 1. The lowest BCUT2D eigenvalue weighted by Crippen LogP contribution is -2.25. The molecule has 136 valence electrons. The normalized spacial score (nSPS) is 20.8. The molecule has 3 rings (SSSR count). The topological polar surface area (TPSA) is 66.8 Å². The first kappa shape index (κ1) is 18.0. The van der Waals surface area contributed by atoms with Crippen LogP contribution in [0.25, 0.3) is 0 Å². The Morgan fingerprint density at radius 2 is 1.76 bits per heavy atom. The van der Waals surface area contributed by atoms with Gasteiger partial charge >= 0.3 is 5.97 Å². The predicted octanol–water partition coefficient (Wildman–Crippen LogP) is 4.63. The molecule has 0 amide bonds. The maximum atomic E-state index is 10.7. The molecule has 1 fully saturated rings. The highest BCUT2D eigenvalue weighted by molar-refractivity contribution is 5.67. The van der Waals surface area contributed by atoms with E-state index in [-0.39, 0.29) is 6.42 Å². The Labute approximate surface area is 149 Å². The number of benzene rings is 1. The standard InChI is InChI=1S/C21H28O4/c22-19(13-20(23)24)17-6-8-18(9-7-17)25-15-16-5-4-12-21(14-16)10-2-1-3-11-21/h6-9,14,19,22H,1-5,10-13,15H2,(H,23,24). The molecule has 0 bridgehead atoms. The number of aliphatic hydroxyl groups excluding tert-OH is 1. The summed E-state index contributed by atoms with van der Waals surface area (Å²) < 4.78 is 5.93. The summed E-state index contributed by atoms with van der Waals surface area (Å²) in [5.41, 5.74) is 2.44. The van der Waals surface area contributed by atoms with Crippen molar-refractivity contribution in [1.29, 1.82) is 0 Å². The van der Waals surface area contributed by atoms with Crippen molar-refractivity contribution in [2.45, 2.75) is 63.9 Å². The van der Waals surface area contributed by atoms with Gasteiger partial charge in [-0.15, -0.1) is 0 Å². The van der Waals surface area contributed by atoms with E-state index in [1.54, 1.807) is 24.3 Å². The van der Waals surface area contributed by atoms with Gasteiger partial charge in [0.05, 0.1) is 12.5 Å². The van der Waals surface area contributed by atoms with Crippen molar-refractivity contribution in [3.63, 3.8) is 0 Å². The fourth-order valence-electron chi connectivity index (χ4n) is 4.25. The first-order chi connectivity index (χ1) is 12.1. The van der Waals surface area contributed by atoms with Gasteiger partial charge in [-0.1, -0.05) is 37.5 Å². The molecular formula is C21H28O4. The van der Waals surface area contributed by atoms with Crippen molar-refractivity contribution in [2.75, 3.05) is 6.61 Å². The van der Waals surface area contributed by atoms with Crippen molar-refractivity contribution in [3.8, 4) is 5.75 Å². The summed E-state index contributed by atoms with van der Waals surface area (Å²) in [6.07, 6.45) is 11.7. The van der Waals surface area contributed by atoms with E-state index < -0.39 is 12.1 Å². The summed E-state index contributed by atoms with van der Waals surface area (Å²) >= 11 is 0. The number of ether oxygens (including phenoxy) is 1. The van der Waals surface area contributed by atoms with Crippen LogP contribution >= 0.6 is 0 Å². The van der Waals surface area contributed by atoms with E-state index in [9.17, 15) is 9.90 Å². The van der Waals surface area contributed by atoms with Crippen molar-refractivity contribution in [1.82, 2.24) is 0 Å². The average Bonchev–Trinajstić information content (AvgIpc) is 2.61. The third-order valence-corrected chi connectivity index (χ3v) is 5.59. The highest BCUT2D eigenvalue weighted by Crippen LogP contribution is 2.45. The van der Waals surface area contributed by atoms with Crippen LogP contribution in [-0.2, 0) is 4.79 Å². The Hall–Kier alpha value is -1.81. The maximum absolute atomic E-state index is 10.7. The lowest BCUT2D eigenvalue weighted by molar-refractivity contribution is -0.139. The van der Waals surface area contributed by atoms with Crippen LogP contribution in [0.2, 0.25) is 0 Å². The third-order valence-electron chi connectivity index (χ3n) is 5.59. The first-order valence-electron chi connectivity index (χ1n) is 9.40. The van der Waals surface area contributed by atoms with Crippen LogP contribution in [0.4, 0.5) is 0 Å². The molecule has 2 aliphatic carbocycles. The zero-order valence-electron chi connectivity index (χ0n) is 14.7.